The molecule has 6 nitrogen and oxygen atoms in total. The number of H-pyrrole nitrogens is 1. The van der Waals surface area contributed by atoms with Crippen LogP contribution in [0, 0.1) is 17.8 Å². The molecular weight excluding hydrogens is 264 g/mol. The summed E-state index contributed by atoms with van der Waals surface area (Å²) in [5, 5.41) is 14.5. The number of hydrogen-bond donors (Lipinski definition) is 3. The third-order valence-corrected chi connectivity index (χ3v) is 3.86. The minimum atomic E-state index is 0.601. The van der Waals surface area contributed by atoms with E-state index in [0.29, 0.717) is 23.7 Å². The van der Waals surface area contributed by atoms with Crippen LogP contribution in [-0.4, -0.2) is 33.3 Å². The Morgan fingerprint density at radius 2 is 1.81 bits per heavy atom. The summed E-state index contributed by atoms with van der Waals surface area (Å²) in [6.45, 7) is 12.8. The van der Waals surface area contributed by atoms with E-state index in [1.807, 2.05) is 6.92 Å². The molecule has 0 saturated carbocycles. The summed E-state index contributed by atoms with van der Waals surface area (Å²) in [6.07, 6.45) is 1.77. The molecule has 0 aliphatic heterocycles. The zero-order valence-corrected chi connectivity index (χ0v) is 13.6. The molecule has 0 aromatic carbocycles. The van der Waals surface area contributed by atoms with Crippen LogP contribution in [0.2, 0.25) is 0 Å². The average molecular weight is 290 g/mol. The van der Waals surface area contributed by atoms with Crippen molar-refractivity contribution in [3.63, 3.8) is 0 Å². The van der Waals surface area contributed by atoms with Crippen LogP contribution in [0.15, 0.2) is 6.20 Å². The first-order chi connectivity index (χ1) is 10.0. The van der Waals surface area contributed by atoms with Crippen molar-refractivity contribution in [2.45, 2.75) is 34.6 Å². The lowest BCUT2D eigenvalue weighted by Crippen LogP contribution is -2.25. The van der Waals surface area contributed by atoms with Gasteiger partial charge in [0.15, 0.2) is 5.65 Å². The fourth-order valence-electron chi connectivity index (χ4n) is 2.66. The van der Waals surface area contributed by atoms with E-state index in [0.717, 1.165) is 29.9 Å². The topological polar surface area (TPSA) is 78.5 Å². The number of nitrogens with zero attached hydrogens (tertiary/aromatic N) is 3. The molecule has 0 fully saturated rings. The Morgan fingerprint density at radius 3 is 2.43 bits per heavy atom. The second-order valence-electron chi connectivity index (χ2n) is 6.09. The summed E-state index contributed by atoms with van der Waals surface area (Å²) in [6, 6.07) is 0. The highest BCUT2D eigenvalue weighted by Crippen LogP contribution is 2.24. The Kier molecular flexibility index (Phi) is 4.98. The fraction of sp³-hybridized carbons (Fsp3) is 0.667. The van der Waals surface area contributed by atoms with E-state index >= 15 is 0 Å². The molecule has 6 heteroatoms. The van der Waals surface area contributed by atoms with E-state index in [2.05, 4.69) is 58.5 Å². The Hall–Kier alpha value is -1.85. The van der Waals surface area contributed by atoms with Gasteiger partial charge in [0, 0.05) is 13.1 Å². The van der Waals surface area contributed by atoms with Crippen molar-refractivity contribution in [3.8, 4) is 0 Å². The molecule has 0 amide bonds. The number of nitrogens with one attached hydrogen (secondary N) is 3. The predicted molar refractivity (Wildman–Crippen MR) is 87.5 cm³/mol. The van der Waals surface area contributed by atoms with Gasteiger partial charge in [0.25, 0.3) is 0 Å². The number of fused-ring (bicyclic) bond motifs is 1. The molecule has 2 rings (SSSR count). The van der Waals surface area contributed by atoms with Crippen molar-refractivity contribution in [1.29, 1.82) is 0 Å². The van der Waals surface area contributed by atoms with Crippen LogP contribution in [0.5, 0.6) is 0 Å². The minimum Gasteiger partial charge on any atom is -0.369 e. The van der Waals surface area contributed by atoms with E-state index in [-0.39, 0.29) is 0 Å². The van der Waals surface area contributed by atoms with Gasteiger partial charge in [0.1, 0.15) is 5.82 Å². The van der Waals surface area contributed by atoms with Crippen molar-refractivity contribution in [3.05, 3.63) is 6.20 Å². The van der Waals surface area contributed by atoms with Crippen molar-refractivity contribution in [1.82, 2.24) is 20.2 Å². The molecule has 21 heavy (non-hydrogen) atoms. The number of aromatic nitrogens is 4. The van der Waals surface area contributed by atoms with Gasteiger partial charge in [-0.3, -0.25) is 5.10 Å². The van der Waals surface area contributed by atoms with Gasteiger partial charge in [-0.05, 0) is 24.7 Å². The molecule has 0 aliphatic rings. The van der Waals surface area contributed by atoms with E-state index in [1.165, 1.54) is 0 Å². The lowest BCUT2D eigenvalue weighted by Gasteiger charge is -2.25. The van der Waals surface area contributed by atoms with Gasteiger partial charge >= 0.3 is 0 Å². The van der Waals surface area contributed by atoms with Gasteiger partial charge in [0.05, 0.1) is 11.6 Å². The van der Waals surface area contributed by atoms with Gasteiger partial charge in [-0.2, -0.15) is 15.1 Å². The monoisotopic (exact) mass is 290 g/mol. The average Bonchev–Trinajstić information content (AvgIpc) is 2.86. The van der Waals surface area contributed by atoms with Gasteiger partial charge in [-0.1, -0.05) is 27.7 Å². The zero-order chi connectivity index (χ0) is 15.4. The molecule has 0 unspecified atom stereocenters. The molecular formula is C15H26N6. The van der Waals surface area contributed by atoms with Crippen LogP contribution in [0.4, 0.5) is 11.8 Å². The van der Waals surface area contributed by atoms with E-state index < -0.39 is 0 Å². The lowest BCUT2D eigenvalue weighted by atomic mass is 9.85. The maximum absolute atomic E-state index is 4.56. The molecule has 0 radical (unpaired) electrons. The Balaban J connectivity index is 2.22. The van der Waals surface area contributed by atoms with Crippen molar-refractivity contribution in [2.75, 3.05) is 23.7 Å². The third-order valence-electron chi connectivity index (χ3n) is 3.86. The Morgan fingerprint density at radius 1 is 1.10 bits per heavy atom. The molecule has 116 valence electrons. The van der Waals surface area contributed by atoms with Crippen LogP contribution in [0.3, 0.4) is 0 Å². The summed E-state index contributed by atoms with van der Waals surface area (Å²) in [5.41, 5.74) is 0.758. The molecule has 2 aromatic rings. The van der Waals surface area contributed by atoms with Crippen molar-refractivity contribution >= 4 is 22.8 Å². The Bertz CT molecular complexity index is 567. The zero-order valence-electron chi connectivity index (χ0n) is 13.6. The lowest BCUT2D eigenvalue weighted by molar-refractivity contribution is 0.304. The maximum atomic E-state index is 4.56. The van der Waals surface area contributed by atoms with Gasteiger partial charge in [-0.25, -0.2) is 0 Å². The number of hydrogen-bond acceptors (Lipinski definition) is 5. The normalized spacial score (nSPS) is 11.8. The SMILES string of the molecule is CCNc1nc(NCC(C(C)C)C(C)C)c2cn[nH]c2n1. The highest BCUT2D eigenvalue weighted by Gasteiger charge is 2.18. The number of rotatable bonds is 7. The van der Waals surface area contributed by atoms with Gasteiger partial charge in [-0.15, -0.1) is 0 Å². The molecule has 3 N–H and O–H groups in total. The molecule has 0 saturated heterocycles. The first kappa shape index (κ1) is 15.5. The largest absolute Gasteiger partial charge is 0.369 e. The summed E-state index contributed by atoms with van der Waals surface area (Å²) >= 11 is 0. The summed E-state index contributed by atoms with van der Waals surface area (Å²) in [4.78, 5) is 8.96. The molecule has 0 bridgehead atoms. The van der Waals surface area contributed by atoms with Crippen molar-refractivity contribution < 1.29 is 0 Å². The maximum Gasteiger partial charge on any atom is 0.226 e. The van der Waals surface area contributed by atoms with E-state index in [9.17, 15) is 0 Å². The first-order valence-electron chi connectivity index (χ1n) is 7.71. The first-order valence-corrected chi connectivity index (χ1v) is 7.71. The van der Waals surface area contributed by atoms with Gasteiger partial charge in [0.2, 0.25) is 5.95 Å². The smallest absolute Gasteiger partial charge is 0.226 e. The minimum absolute atomic E-state index is 0.601. The number of anilines is 2. The van der Waals surface area contributed by atoms with Crippen LogP contribution in [0.1, 0.15) is 34.6 Å². The van der Waals surface area contributed by atoms with Crippen LogP contribution in [-0.2, 0) is 0 Å². The van der Waals surface area contributed by atoms with E-state index in [1.54, 1.807) is 6.20 Å². The quantitative estimate of drug-likeness (QED) is 0.730. The highest BCUT2D eigenvalue weighted by atomic mass is 15.2. The summed E-state index contributed by atoms with van der Waals surface area (Å²) < 4.78 is 0. The molecule has 0 aliphatic carbocycles. The Labute approximate surface area is 126 Å². The molecule has 2 aromatic heterocycles. The summed E-state index contributed by atoms with van der Waals surface area (Å²) in [5.74, 6) is 3.34. The second-order valence-corrected chi connectivity index (χ2v) is 6.09. The second kappa shape index (κ2) is 6.74. The number of aromatic amines is 1. The third kappa shape index (κ3) is 3.62. The molecule has 2 heterocycles. The van der Waals surface area contributed by atoms with Crippen LogP contribution in [0.25, 0.3) is 11.0 Å². The molecule has 0 atom stereocenters. The highest BCUT2D eigenvalue weighted by molar-refractivity contribution is 5.86. The van der Waals surface area contributed by atoms with Crippen LogP contribution < -0.4 is 10.6 Å². The standard InChI is InChI=1S/C15H26N6/c1-6-16-15-19-13(12-8-18-21-14(12)20-15)17-7-11(9(2)3)10(4)5/h8-11H,6-7H2,1-5H3,(H3,16,17,18,19,20,21). The summed E-state index contributed by atoms with van der Waals surface area (Å²) in [7, 11) is 0. The van der Waals surface area contributed by atoms with Crippen molar-refractivity contribution in [2.24, 2.45) is 17.8 Å². The van der Waals surface area contributed by atoms with Crippen LogP contribution >= 0.6 is 0 Å². The predicted octanol–water partition coefficient (Wildman–Crippen LogP) is 3.12. The fourth-order valence-corrected chi connectivity index (χ4v) is 2.66. The molecule has 0 spiro atoms. The van der Waals surface area contributed by atoms with Gasteiger partial charge < -0.3 is 10.6 Å². The van der Waals surface area contributed by atoms with E-state index in [4.69, 9.17) is 0 Å².